The molecule has 38 heavy (non-hydrogen) atoms. The molecule has 1 N–H and O–H groups in total. The van der Waals surface area contributed by atoms with E-state index in [2.05, 4.69) is 38.9 Å². The molecule has 1 aliphatic heterocycles. The van der Waals surface area contributed by atoms with Gasteiger partial charge in [-0.1, -0.05) is 6.92 Å². The molecule has 3 heterocycles. The van der Waals surface area contributed by atoms with Crippen molar-refractivity contribution in [2.75, 3.05) is 43.8 Å². The van der Waals surface area contributed by atoms with Crippen molar-refractivity contribution >= 4 is 34.8 Å². The van der Waals surface area contributed by atoms with E-state index in [9.17, 15) is 4.79 Å². The summed E-state index contributed by atoms with van der Waals surface area (Å²) in [5.74, 6) is 4.56. The van der Waals surface area contributed by atoms with Crippen molar-refractivity contribution in [2.45, 2.75) is 77.5 Å². The maximum absolute atomic E-state index is 13.1. The van der Waals surface area contributed by atoms with Crippen molar-refractivity contribution in [3.8, 4) is 11.5 Å². The van der Waals surface area contributed by atoms with Crippen LogP contribution < -0.4 is 10.1 Å². The molecule has 0 unspecified atom stereocenters. The van der Waals surface area contributed by atoms with Gasteiger partial charge in [-0.3, -0.25) is 4.79 Å². The van der Waals surface area contributed by atoms with E-state index < -0.39 is 0 Å². The second kappa shape index (κ2) is 14.5. The Kier molecular flexibility index (Phi) is 11.1. The van der Waals surface area contributed by atoms with E-state index in [-0.39, 0.29) is 11.9 Å². The minimum atomic E-state index is -0.00138. The number of thioether (sulfide) groups is 1. The topological polar surface area (TPSA) is 70.6 Å². The van der Waals surface area contributed by atoms with E-state index in [1.807, 2.05) is 37.1 Å². The number of nitrogens with one attached hydrogen (secondary N) is 1. The number of hydrogen-bond acceptors (Lipinski definition) is 8. The Balaban J connectivity index is 1.26. The SMILES string of the molecule is CCSC1CCC(CN2CCC(CNc3ncncc3Oc3ccsc3C(=O)N(CC)C(C)C)CC2)CC1. The molecule has 210 valence electrons. The van der Waals surface area contributed by atoms with Crippen molar-refractivity contribution in [2.24, 2.45) is 11.8 Å². The minimum Gasteiger partial charge on any atom is -0.450 e. The lowest BCUT2D eigenvalue weighted by molar-refractivity contribution is 0.0719. The van der Waals surface area contributed by atoms with Crippen LogP contribution in [0.3, 0.4) is 0 Å². The number of anilines is 1. The first kappa shape index (κ1) is 29.2. The summed E-state index contributed by atoms with van der Waals surface area (Å²) in [6.45, 7) is 13.5. The van der Waals surface area contributed by atoms with Gasteiger partial charge in [0.1, 0.15) is 11.2 Å². The largest absolute Gasteiger partial charge is 0.450 e. The summed E-state index contributed by atoms with van der Waals surface area (Å²) in [6.07, 6.45) is 11.3. The predicted octanol–water partition coefficient (Wildman–Crippen LogP) is 6.64. The first-order chi connectivity index (χ1) is 18.5. The lowest BCUT2D eigenvalue weighted by atomic mass is 9.87. The molecule has 1 saturated carbocycles. The summed E-state index contributed by atoms with van der Waals surface area (Å²) in [7, 11) is 0. The molecule has 0 bridgehead atoms. The van der Waals surface area contributed by atoms with Crippen LogP contribution in [0.15, 0.2) is 24.0 Å². The van der Waals surface area contributed by atoms with Gasteiger partial charge in [-0.25, -0.2) is 9.97 Å². The number of ether oxygens (including phenoxy) is 1. The number of likely N-dealkylation sites (tertiary alicyclic amines) is 1. The average molecular weight is 560 g/mol. The van der Waals surface area contributed by atoms with Crippen LogP contribution in [0.2, 0.25) is 0 Å². The highest BCUT2D eigenvalue weighted by molar-refractivity contribution is 7.99. The predicted molar refractivity (Wildman–Crippen MR) is 160 cm³/mol. The van der Waals surface area contributed by atoms with E-state index in [0.717, 1.165) is 17.7 Å². The van der Waals surface area contributed by atoms with Crippen LogP contribution in [0, 0.1) is 11.8 Å². The van der Waals surface area contributed by atoms with Gasteiger partial charge in [-0.15, -0.1) is 11.3 Å². The second-order valence-corrected chi connectivity index (χ2v) is 13.4. The van der Waals surface area contributed by atoms with Crippen molar-refractivity contribution in [1.29, 1.82) is 0 Å². The highest BCUT2D eigenvalue weighted by atomic mass is 32.2. The monoisotopic (exact) mass is 559 g/mol. The van der Waals surface area contributed by atoms with Crippen molar-refractivity contribution in [3.05, 3.63) is 28.8 Å². The van der Waals surface area contributed by atoms with E-state index in [1.54, 1.807) is 12.5 Å². The molecule has 2 aromatic rings. The summed E-state index contributed by atoms with van der Waals surface area (Å²) < 4.78 is 6.21. The Hall–Kier alpha value is -1.84. The van der Waals surface area contributed by atoms with Crippen LogP contribution in [0.1, 0.15) is 75.9 Å². The van der Waals surface area contributed by atoms with Crippen molar-refractivity contribution in [1.82, 2.24) is 19.8 Å². The van der Waals surface area contributed by atoms with Gasteiger partial charge >= 0.3 is 0 Å². The van der Waals surface area contributed by atoms with Crippen LogP contribution in [0.25, 0.3) is 0 Å². The van der Waals surface area contributed by atoms with Gasteiger partial charge in [0.25, 0.3) is 5.91 Å². The molecule has 4 rings (SSSR count). The van der Waals surface area contributed by atoms with Gasteiger partial charge in [0.05, 0.1) is 6.20 Å². The molecule has 0 atom stereocenters. The molecule has 7 nitrogen and oxygen atoms in total. The first-order valence-electron chi connectivity index (χ1n) is 14.4. The van der Waals surface area contributed by atoms with Gasteiger partial charge in [-0.05, 0) is 101 Å². The summed E-state index contributed by atoms with van der Waals surface area (Å²) >= 11 is 3.57. The number of rotatable bonds is 12. The molecule has 1 aliphatic carbocycles. The molecular weight excluding hydrogens is 514 g/mol. The smallest absolute Gasteiger partial charge is 0.267 e. The Morgan fingerprint density at radius 2 is 1.92 bits per heavy atom. The fourth-order valence-corrected chi connectivity index (χ4v) is 7.59. The first-order valence-corrected chi connectivity index (χ1v) is 16.3. The lowest BCUT2D eigenvalue weighted by Gasteiger charge is -2.36. The van der Waals surface area contributed by atoms with Crippen LogP contribution in [0.5, 0.6) is 11.5 Å². The number of amides is 1. The van der Waals surface area contributed by atoms with Crippen LogP contribution in [-0.4, -0.2) is 75.4 Å². The van der Waals surface area contributed by atoms with Gasteiger partial charge in [-0.2, -0.15) is 11.8 Å². The third-order valence-electron chi connectivity index (χ3n) is 7.92. The number of nitrogens with zero attached hydrogens (tertiary/aromatic N) is 4. The Labute approximate surface area is 237 Å². The van der Waals surface area contributed by atoms with Gasteiger partial charge in [0.15, 0.2) is 17.3 Å². The summed E-state index contributed by atoms with van der Waals surface area (Å²) in [5, 5.41) is 6.32. The molecule has 1 amide bonds. The zero-order valence-corrected chi connectivity index (χ0v) is 25.2. The van der Waals surface area contributed by atoms with Crippen molar-refractivity contribution in [3.63, 3.8) is 0 Å². The van der Waals surface area contributed by atoms with Gasteiger partial charge in [0.2, 0.25) is 0 Å². The zero-order chi connectivity index (χ0) is 26.9. The Morgan fingerprint density at radius 1 is 1.16 bits per heavy atom. The normalized spacial score (nSPS) is 21.0. The number of aromatic nitrogens is 2. The molecular formula is C29H45N5O2S2. The van der Waals surface area contributed by atoms with Gasteiger partial charge < -0.3 is 19.9 Å². The second-order valence-electron chi connectivity index (χ2n) is 10.9. The third-order valence-corrected chi connectivity index (χ3v) is 10.1. The van der Waals surface area contributed by atoms with Crippen LogP contribution >= 0.6 is 23.1 Å². The van der Waals surface area contributed by atoms with E-state index in [1.165, 1.54) is 75.2 Å². The van der Waals surface area contributed by atoms with Crippen molar-refractivity contribution < 1.29 is 9.53 Å². The van der Waals surface area contributed by atoms with Gasteiger partial charge in [0, 0.05) is 30.9 Å². The molecule has 0 radical (unpaired) electrons. The Morgan fingerprint density at radius 3 is 2.61 bits per heavy atom. The number of carbonyl (C=O) groups is 1. The highest BCUT2D eigenvalue weighted by Gasteiger charge is 2.26. The molecule has 1 saturated heterocycles. The molecule has 2 fully saturated rings. The lowest BCUT2D eigenvalue weighted by Crippen LogP contribution is -2.39. The molecule has 0 aromatic carbocycles. The average Bonchev–Trinajstić information content (AvgIpc) is 3.38. The van der Waals surface area contributed by atoms with Crippen LogP contribution in [-0.2, 0) is 0 Å². The van der Waals surface area contributed by atoms with E-state index in [0.29, 0.717) is 34.7 Å². The molecule has 0 spiro atoms. The molecule has 9 heteroatoms. The summed E-state index contributed by atoms with van der Waals surface area (Å²) in [5.41, 5.74) is 0. The number of thiophene rings is 1. The Bertz CT molecular complexity index is 1000. The fraction of sp³-hybridized carbons (Fsp3) is 0.690. The maximum atomic E-state index is 13.1. The zero-order valence-electron chi connectivity index (χ0n) is 23.5. The molecule has 2 aliphatic rings. The minimum absolute atomic E-state index is 0.00138. The highest BCUT2D eigenvalue weighted by Crippen LogP contribution is 2.35. The maximum Gasteiger partial charge on any atom is 0.267 e. The molecule has 2 aromatic heterocycles. The van der Waals surface area contributed by atoms with Crippen LogP contribution in [0.4, 0.5) is 5.82 Å². The summed E-state index contributed by atoms with van der Waals surface area (Å²) in [6, 6.07) is 1.99. The third kappa shape index (κ3) is 7.85. The number of piperidine rings is 1. The van der Waals surface area contributed by atoms with E-state index >= 15 is 0 Å². The quantitative estimate of drug-likeness (QED) is 0.313. The fourth-order valence-electron chi connectivity index (χ4n) is 5.75. The van der Waals surface area contributed by atoms with E-state index in [4.69, 9.17) is 4.74 Å². The standard InChI is InChI=1S/C29H45N5O2S2/c1-5-34(21(3)4)29(35)27-25(13-16-38-27)36-26-18-30-20-32-28(26)31-17-22-11-14-33(15-12-22)19-23-7-9-24(10-8-23)37-6-2/h13,16,18,20-24H,5-12,14-15,17,19H2,1-4H3,(H,30,31,32). The number of hydrogen-bond donors (Lipinski definition) is 1. The summed E-state index contributed by atoms with van der Waals surface area (Å²) in [4.78, 5) is 26.9. The number of carbonyl (C=O) groups excluding carboxylic acids is 1.